The number of H-pyrrole nitrogens is 2. The van der Waals surface area contributed by atoms with Crippen LogP contribution < -0.4 is 0 Å². The van der Waals surface area contributed by atoms with Crippen molar-refractivity contribution in [3.05, 3.63) is 96.6 Å². The third-order valence-corrected chi connectivity index (χ3v) is 5.13. The molecule has 0 spiro atoms. The molecular formula is C25H20N4. The van der Waals surface area contributed by atoms with Gasteiger partial charge in [0.05, 0.1) is 22.8 Å². The minimum absolute atomic E-state index is 0.939. The van der Waals surface area contributed by atoms with Crippen LogP contribution in [0.3, 0.4) is 0 Å². The smallest absolute Gasteiger partial charge is 0.0929 e. The zero-order valence-electron chi connectivity index (χ0n) is 16.1. The number of aryl methyl sites for hydroxylation is 1. The molecule has 2 heterocycles. The van der Waals surface area contributed by atoms with Gasteiger partial charge in [0.2, 0.25) is 0 Å². The summed E-state index contributed by atoms with van der Waals surface area (Å²) in [4.78, 5) is 0. The maximum atomic E-state index is 4.52. The first-order valence-electron chi connectivity index (χ1n) is 9.61. The van der Waals surface area contributed by atoms with E-state index in [4.69, 9.17) is 0 Å². The number of aromatic nitrogens is 4. The second kappa shape index (κ2) is 7.24. The van der Waals surface area contributed by atoms with Gasteiger partial charge in [-0.2, -0.15) is 10.2 Å². The Kier molecular flexibility index (Phi) is 4.30. The van der Waals surface area contributed by atoms with Crippen LogP contribution in [0.4, 0.5) is 0 Å². The van der Waals surface area contributed by atoms with E-state index in [-0.39, 0.29) is 0 Å². The van der Waals surface area contributed by atoms with Gasteiger partial charge in [-0.05, 0) is 30.7 Å². The summed E-state index contributed by atoms with van der Waals surface area (Å²) >= 11 is 0. The lowest BCUT2D eigenvalue weighted by atomic mass is 10.0. The van der Waals surface area contributed by atoms with Crippen LogP contribution in [0.15, 0.2) is 91.0 Å². The molecule has 0 saturated carbocycles. The molecule has 0 aliphatic carbocycles. The molecule has 0 atom stereocenters. The van der Waals surface area contributed by atoms with E-state index in [9.17, 15) is 0 Å². The summed E-state index contributed by atoms with van der Waals surface area (Å²) in [7, 11) is 0. The van der Waals surface area contributed by atoms with Crippen LogP contribution in [-0.2, 0) is 0 Å². The summed E-state index contributed by atoms with van der Waals surface area (Å²) in [6.45, 7) is 2.10. The number of hydrogen-bond donors (Lipinski definition) is 2. The highest BCUT2D eigenvalue weighted by molar-refractivity contribution is 5.75. The number of benzene rings is 3. The lowest BCUT2D eigenvalue weighted by Gasteiger charge is -2.02. The van der Waals surface area contributed by atoms with Gasteiger partial charge < -0.3 is 0 Å². The van der Waals surface area contributed by atoms with Gasteiger partial charge in [-0.25, -0.2) is 0 Å². The highest BCUT2D eigenvalue weighted by Gasteiger charge is 2.10. The normalized spacial score (nSPS) is 10.9. The fraction of sp³-hybridized carbons (Fsp3) is 0.0400. The highest BCUT2D eigenvalue weighted by atomic mass is 15.1. The van der Waals surface area contributed by atoms with Crippen molar-refractivity contribution >= 4 is 0 Å². The largest absolute Gasteiger partial charge is 0.277 e. The Balaban J connectivity index is 1.47. The van der Waals surface area contributed by atoms with Crippen LogP contribution in [0.5, 0.6) is 0 Å². The molecule has 2 N–H and O–H groups in total. The first-order chi connectivity index (χ1) is 14.3. The summed E-state index contributed by atoms with van der Waals surface area (Å²) in [6.07, 6.45) is 0. The first-order valence-corrected chi connectivity index (χ1v) is 9.61. The van der Waals surface area contributed by atoms with Gasteiger partial charge in [0.25, 0.3) is 0 Å². The fourth-order valence-electron chi connectivity index (χ4n) is 3.55. The quantitative estimate of drug-likeness (QED) is 0.398. The molecule has 5 aromatic rings. The summed E-state index contributed by atoms with van der Waals surface area (Å²) in [5.41, 5.74) is 9.51. The third kappa shape index (κ3) is 3.36. The number of nitrogens with zero attached hydrogens (tertiary/aromatic N) is 2. The lowest BCUT2D eigenvalue weighted by Crippen LogP contribution is -1.82. The Morgan fingerprint density at radius 2 is 1.14 bits per heavy atom. The van der Waals surface area contributed by atoms with Crippen LogP contribution in [0.2, 0.25) is 0 Å². The average Bonchev–Trinajstić information content (AvgIpc) is 3.45. The maximum Gasteiger partial charge on any atom is 0.0929 e. The van der Waals surface area contributed by atoms with Crippen LogP contribution >= 0.6 is 0 Å². The molecule has 2 aromatic heterocycles. The van der Waals surface area contributed by atoms with Gasteiger partial charge >= 0.3 is 0 Å². The summed E-state index contributed by atoms with van der Waals surface area (Å²) in [5.74, 6) is 0. The van der Waals surface area contributed by atoms with Crippen molar-refractivity contribution in [1.82, 2.24) is 20.4 Å². The molecule has 3 aromatic carbocycles. The molecule has 0 saturated heterocycles. The zero-order valence-corrected chi connectivity index (χ0v) is 16.1. The minimum Gasteiger partial charge on any atom is -0.277 e. The Labute approximate surface area is 169 Å². The van der Waals surface area contributed by atoms with Gasteiger partial charge in [-0.1, -0.05) is 72.8 Å². The third-order valence-electron chi connectivity index (χ3n) is 5.13. The molecule has 0 bridgehead atoms. The molecule has 29 heavy (non-hydrogen) atoms. The number of hydrogen-bond acceptors (Lipinski definition) is 2. The van der Waals surface area contributed by atoms with Gasteiger partial charge in [0.1, 0.15) is 0 Å². The van der Waals surface area contributed by atoms with E-state index in [0.717, 1.165) is 45.0 Å². The van der Waals surface area contributed by atoms with E-state index in [1.807, 2.05) is 30.3 Å². The van der Waals surface area contributed by atoms with Crippen LogP contribution in [0, 0.1) is 6.92 Å². The molecule has 0 aliphatic rings. The maximum absolute atomic E-state index is 4.52. The van der Waals surface area contributed by atoms with E-state index in [1.54, 1.807) is 0 Å². The minimum atomic E-state index is 0.939. The van der Waals surface area contributed by atoms with E-state index in [1.165, 1.54) is 5.56 Å². The number of aromatic amines is 2. The molecular weight excluding hydrogens is 356 g/mol. The van der Waals surface area contributed by atoms with Crippen molar-refractivity contribution in [2.75, 3.05) is 0 Å². The van der Waals surface area contributed by atoms with Crippen LogP contribution in [0.1, 0.15) is 5.56 Å². The monoisotopic (exact) mass is 376 g/mol. The molecule has 0 fully saturated rings. The number of rotatable bonds is 4. The zero-order chi connectivity index (χ0) is 19.6. The molecule has 4 heteroatoms. The van der Waals surface area contributed by atoms with Gasteiger partial charge in [0, 0.05) is 22.3 Å². The summed E-state index contributed by atoms with van der Waals surface area (Å²) in [6, 6.07) is 31.0. The van der Waals surface area contributed by atoms with Crippen molar-refractivity contribution in [3.8, 4) is 45.0 Å². The molecule has 4 nitrogen and oxygen atoms in total. The van der Waals surface area contributed by atoms with Crippen molar-refractivity contribution in [2.45, 2.75) is 6.92 Å². The van der Waals surface area contributed by atoms with Crippen molar-refractivity contribution < 1.29 is 0 Å². The molecule has 0 unspecified atom stereocenters. The molecule has 0 radical (unpaired) electrons. The topological polar surface area (TPSA) is 57.4 Å². The van der Waals surface area contributed by atoms with E-state index < -0.39 is 0 Å². The lowest BCUT2D eigenvalue weighted by molar-refractivity contribution is 1.09. The van der Waals surface area contributed by atoms with Gasteiger partial charge in [-0.3, -0.25) is 10.2 Å². The Hall–Kier alpha value is -3.92. The fourth-order valence-corrected chi connectivity index (χ4v) is 3.55. The van der Waals surface area contributed by atoms with E-state index in [2.05, 4.69) is 88.0 Å². The summed E-state index contributed by atoms with van der Waals surface area (Å²) in [5, 5.41) is 15.3. The van der Waals surface area contributed by atoms with Gasteiger partial charge in [0.15, 0.2) is 0 Å². The van der Waals surface area contributed by atoms with Crippen molar-refractivity contribution in [3.63, 3.8) is 0 Å². The number of nitrogens with one attached hydrogen (secondary N) is 2. The van der Waals surface area contributed by atoms with Crippen LogP contribution in [0.25, 0.3) is 45.0 Å². The van der Waals surface area contributed by atoms with Gasteiger partial charge in [-0.15, -0.1) is 0 Å². The second-order valence-corrected chi connectivity index (χ2v) is 7.10. The molecule has 0 amide bonds. The predicted octanol–water partition coefficient (Wildman–Crippen LogP) is 6.11. The molecule has 140 valence electrons. The van der Waals surface area contributed by atoms with E-state index in [0.29, 0.717) is 0 Å². The standard InChI is InChI=1S/C25H20N4/c1-17-8-5-6-13-21(17)25-16-24(28-29-25)20-12-7-11-19(14-20)23-15-22(26-27-23)18-9-3-2-4-10-18/h2-16H,1H3,(H,26,27)(H,28,29). The SMILES string of the molecule is Cc1ccccc1-c1cc(-c2cccc(-c3cc(-c4ccccc4)n[nH]3)c2)[nH]n1. The van der Waals surface area contributed by atoms with Crippen molar-refractivity contribution in [1.29, 1.82) is 0 Å². The Morgan fingerprint density at radius 1 is 0.552 bits per heavy atom. The first kappa shape index (κ1) is 17.2. The average molecular weight is 376 g/mol. The summed E-state index contributed by atoms with van der Waals surface area (Å²) < 4.78 is 0. The Morgan fingerprint density at radius 3 is 1.86 bits per heavy atom. The second-order valence-electron chi connectivity index (χ2n) is 7.10. The molecule has 5 rings (SSSR count). The predicted molar refractivity (Wildman–Crippen MR) is 117 cm³/mol. The van der Waals surface area contributed by atoms with Crippen molar-refractivity contribution in [2.24, 2.45) is 0 Å². The Bertz CT molecular complexity index is 1260. The van der Waals surface area contributed by atoms with Crippen LogP contribution in [-0.4, -0.2) is 20.4 Å². The van der Waals surface area contributed by atoms with E-state index >= 15 is 0 Å². The highest BCUT2D eigenvalue weighted by Crippen LogP contribution is 2.29. The molecule has 0 aliphatic heterocycles.